The van der Waals surface area contributed by atoms with E-state index in [-0.39, 0.29) is 0 Å². The smallest absolute Gasteiger partial charge is 0.226 e. The molecule has 0 atom stereocenters. The largest absolute Gasteiger partial charge is 0.441 e. The quantitative estimate of drug-likeness (QED) is 0.758. The molecule has 1 aromatic carbocycles. The van der Waals surface area contributed by atoms with Gasteiger partial charge in [0, 0.05) is 5.56 Å². The van der Waals surface area contributed by atoms with Gasteiger partial charge in [-0.2, -0.15) is 0 Å². The predicted octanol–water partition coefficient (Wildman–Crippen LogP) is 3.42. The summed E-state index contributed by atoms with van der Waals surface area (Å²) < 4.78 is 5.61. The van der Waals surface area contributed by atoms with Crippen molar-refractivity contribution in [3.63, 3.8) is 0 Å². The van der Waals surface area contributed by atoms with Crippen molar-refractivity contribution in [2.24, 2.45) is 0 Å². The zero-order chi connectivity index (χ0) is 10.7. The summed E-state index contributed by atoms with van der Waals surface area (Å²) in [5.74, 6) is 1.61. The van der Waals surface area contributed by atoms with Crippen LogP contribution in [-0.2, 0) is 6.42 Å². The molecular weight excluding hydrogens is 186 g/mol. The highest BCUT2D eigenvalue weighted by Gasteiger charge is 2.09. The lowest BCUT2D eigenvalue weighted by molar-refractivity contribution is 0.539. The van der Waals surface area contributed by atoms with Gasteiger partial charge in [0.25, 0.3) is 0 Å². The van der Waals surface area contributed by atoms with Crippen LogP contribution in [0.4, 0.5) is 0 Å². The number of oxazole rings is 1. The molecule has 0 spiro atoms. The molecule has 0 aliphatic heterocycles. The number of aromatic nitrogens is 1. The van der Waals surface area contributed by atoms with Crippen molar-refractivity contribution in [3.8, 4) is 11.5 Å². The van der Waals surface area contributed by atoms with Crippen LogP contribution >= 0.6 is 0 Å². The first-order valence-electron chi connectivity index (χ1n) is 5.12. The molecule has 0 saturated carbocycles. The number of benzene rings is 1. The van der Waals surface area contributed by atoms with Crippen LogP contribution in [0, 0.1) is 13.8 Å². The zero-order valence-electron chi connectivity index (χ0n) is 8.86. The van der Waals surface area contributed by atoms with Gasteiger partial charge in [0.15, 0.2) is 0 Å². The second kappa shape index (κ2) is 4.30. The van der Waals surface area contributed by atoms with Crippen LogP contribution in [-0.4, -0.2) is 4.98 Å². The number of hydrogen-bond acceptors (Lipinski definition) is 2. The number of nitrogens with zero attached hydrogens (tertiary/aromatic N) is 1. The molecule has 2 nitrogen and oxygen atoms in total. The molecule has 0 N–H and O–H groups in total. The standard InChI is InChI=1S/C13H14NO/c1-3-7-12-10(2)15-13(14-12)11-8-5-4-6-9-11/h4-6,8-9H,1,3,7H2,2H3. The number of hydrogen-bond donors (Lipinski definition) is 0. The Morgan fingerprint density at radius 1 is 1.27 bits per heavy atom. The molecule has 0 saturated heterocycles. The lowest BCUT2D eigenvalue weighted by Crippen LogP contribution is -1.85. The average molecular weight is 200 g/mol. The molecule has 0 unspecified atom stereocenters. The van der Waals surface area contributed by atoms with Crippen molar-refractivity contribution in [2.75, 3.05) is 0 Å². The van der Waals surface area contributed by atoms with Gasteiger partial charge in [0.1, 0.15) is 5.76 Å². The molecule has 2 aromatic rings. The average Bonchev–Trinajstić information content (AvgIpc) is 2.63. The lowest BCUT2D eigenvalue weighted by Gasteiger charge is -1.92. The first kappa shape index (κ1) is 9.97. The van der Waals surface area contributed by atoms with E-state index in [1.54, 1.807) is 0 Å². The second-order valence-corrected chi connectivity index (χ2v) is 3.49. The van der Waals surface area contributed by atoms with Gasteiger partial charge in [-0.25, -0.2) is 4.98 Å². The predicted molar refractivity (Wildman–Crippen MR) is 60.4 cm³/mol. The van der Waals surface area contributed by atoms with E-state index < -0.39 is 0 Å². The molecule has 0 amide bonds. The lowest BCUT2D eigenvalue weighted by atomic mass is 10.2. The summed E-state index contributed by atoms with van der Waals surface area (Å²) in [6, 6.07) is 9.94. The Balaban J connectivity index is 2.34. The maximum Gasteiger partial charge on any atom is 0.226 e. The molecule has 1 heterocycles. The summed E-state index contributed by atoms with van der Waals surface area (Å²) >= 11 is 0. The fraction of sp³-hybridized carbons (Fsp3) is 0.231. The van der Waals surface area contributed by atoms with Crippen molar-refractivity contribution in [3.05, 3.63) is 48.7 Å². The summed E-state index contributed by atoms with van der Waals surface area (Å²) in [6.07, 6.45) is 1.73. The Kier molecular flexibility index (Phi) is 2.86. The van der Waals surface area contributed by atoms with Crippen molar-refractivity contribution >= 4 is 0 Å². The van der Waals surface area contributed by atoms with Crippen molar-refractivity contribution in [2.45, 2.75) is 19.8 Å². The van der Waals surface area contributed by atoms with E-state index in [0.29, 0.717) is 5.89 Å². The number of rotatable bonds is 3. The van der Waals surface area contributed by atoms with Gasteiger partial charge in [-0.3, -0.25) is 0 Å². The van der Waals surface area contributed by atoms with Crippen LogP contribution in [0.15, 0.2) is 34.7 Å². The zero-order valence-corrected chi connectivity index (χ0v) is 8.86. The van der Waals surface area contributed by atoms with Gasteiger partial charge in [-0.15, -0.1) is 0 Å². The summed E-state index contributed by atoms with van der Waals surface area (Å²) in [6.45, 7) is 5.77. The van der Waals surface area contributed by atoms with E-state index in [1.807, 2.05) is 37.3 Å². The van der Waals surface area contributed by atoms with Crippen LogP contribution in [0.25, 0.3) is 11.5 Å². The highest BCUT2D eigenvalue weighted by Crippen LogP contribution is 2.21. The Morgan fingerprint density at radius 3 is 2.67 bits per heavy atom. The van der Waals surface area contributed by atoms with Crippen molar-refractivity contribution in [1.29, 1.82) is 0 Å². The van der Waals surface area contributed by atoms with Gasteiger partial charge in [0.2, 0.25) is 5.89 Å². The molecule has 0 fully saturated rings. The Hall–Kier alpha value is -1.57. The maximum atomic E-state index is 5.61. The fourth-order valence-electron chi connectivity index (χ4n) is 1.53. The van der Waals surface area contributed by atoms with Crippen LogP contribution in [0.1, 0.15) is 17.9 Å². The van der Waals surface area contributed by atoms with E-state index in [2.05, 4.69) is 11.9 Å². The SMILES string of the molecule is [CH2]CCc1nc(-c2ccccc2)oc1C. The van der Waals surface area contributed by atoms with Crippen LogP contribution in [0.3, 0.4) is 0 Å². The number of aryl methyl sites for hydroxylation is 2. The monoisotopic (exact) mass is 200 g/mol. The Labute approximate surface area is 90.0 Å². The van der Waals surface area contributed by atoms with E-state index in [1.165, 1.54) is 0 Å². The third kappa shape index (κ3) is 2.09. The third-order valence-corrected chi connectivity index (χ3v) is 2.33. The summed E-state index contributed by atoms with van der Waals surface area (Å²) in [5, 5.41) is 0. The molecule has 0 bridgehead atoms. The van der Waals surface area contributed by atoms with Crippen LogP contribution in [0.2, 0.25) is 0 Å². The fourth-order valence-corrected chi connectivity index (χ4v) is 1.53. The Bertz CT molecular complexity index is 431. The summed E-state index contributed by atoms with van der Waals surface area (Å²) in [5.41, 5.74) is 2.04. The van der Waals surface area contributed by atoms with Gasteiger partial charge in [0.05, 0.1) is 5.69 Å². The molecular formula is C13H14NO. The van der Waals surface area contributed by atoms with Crippen molar-refractivity contribution in [1.82, 2.24) is 4.98 Å². The topological polar surface area (TPSA) is 26.0 Å². The minimum Gasteiger partial charge on any atom is -0.441 e. The summed E-state index contributed by atoms with van der Waals surface area (Å²) in [4.78, 5) is 4.46. The van der Waals surface area contributed by atoms with E-state index >= 15 is 0 Å². The molecule has 1 aromatic heterocycles. The Morgan fingerprint density at radius 2 is 2.00 bits per heavy atom. The third-order valence-electron chi connectivity index (χ3n) is 2.33. The molecule has 15 heavy (non-hydrogen) atoms. The van der Waals surface area contributed by atoms with E-state index in [4.69, 9.17) is 4.42 Å². The minimum atomic E-state index is 0.705. The molecule has 77 valence electrons. The first-order valence-corrected chi connectivity index (χ1v) is 5.12. The van der Waals surface area contributed by atoms with Crippen molar-refractivity contribution < 1.29 is 4.42 Å². The van der Waals surface area contributed by atoms with Crippen LogP contribution in [0.5, 0.6) is 0 Å². The van der Waals surface area contributed by atoms with Gasteiger partial charge >= 0.3 is 0 Å². The molecule has 2 rings (SSSR count). The second-order valence-electron chi connectivity index (χ2n) is 3.49. The summed E-state index contributed by atoms with van der Waals surface area (Å²) in [7, 11) is 0. The molecule has 0 aliphatic carbocycles. The normalized spacial score (nSPS) is 10.5. The van der Waals surface area contributed by atoms with Crippen LogP contribution < -0.4 is 0 Å². The van der Waals surface area contributed by atoms with Gasteiger partial charge in [-0.05, 0) is 31.9 Å². The highest BCUT2D eigenvalue weighted by atomic mass is 16.4. The van der Waals surface area contributed by atoms with E-state index in [9.17, 15) is 0 Å². The molecule has 1 radical (unpaired) electrons. The first-order chi connectivity index (χ1) is 7.31. The minimum absolute atomic E-state index is 0.705. The molecule has 0 aliphatic rings. The van der Waals surface area contributed by atoms with E-state index in [0.717, 1.165) is 29.9 Å². The maximum absolute atomic E-state index is 5.61. The molecule has 2 heteroatoms. The highest BCUT2D eigenvalue weighted by molar-refractivity contribution is 5.53. The van der Waals surface area contributed by atoms with Gasteiger partial charge in [-0.1, -0.05) is 25.1 Å². The van der Waals surface area contributed by atoms with Gasteiger partial charge < -0.3 is 4.42 Å².